The first kappa shape index (κ1) is 28.8. The first-order valence-corrected chi connectivity index (χ1v) is 12.8. The fourth-order valence-corrected chi connectivity index (χ4v) is 6.30. The normalized spacial score (nSPS) is 22.4. The van der Waals surface area contributed by atoms with Crippen molar-refractivity contribution in [2.45, 2.75) is 44.1 Å². The molecule has 3 aliphatic rings. The third-order valence-corrected chi connectivity index (χ3v) is 8.33. The number of ether oxygens (including phenoxy) is 2. The van der Waals surface area contributed by atoms with Crippen LogP contribution in [-0.4, -0.2) is 75.4 Å². The SMILES string of the molecule is COc1cc2c(cc1OC)CC1(CCCCN1CCN1CCN(c3ccc(F)cc3)CC1)CC2.Cl.Cl. The van der Waals surface area contributed by atoms with Crippen molar-refractivity contribution >= 4 is 30.5 Å². The Balaban J connectivity index is 0.00000180. The van der Waals surface area contributed by atoms with E-state index in [2.05, 4.69) is 26.8 Å². The van der Waals surface area contributed by atoms with E-state index in [9.17, 15) is 4.39 Å². The molecule has 1 spiro atoms. The van der Waals surface area contributed by atoms with E-state index in [0.29, 0.717) is 0 Å². The molecule has 1 unspecified atom stereocenters. The summed E-state index contributed by atoms with van der Waals surface area (Å²) >= 11 is 0. The zero-order valence-electron chi connectivity index (χ0n) is 21.5. The predicted molar refractivity (Wildman–Crippen MR) is 149 cm³/mol. The molecule has 200 valence electrons. The summed E-state index contributed by atoms with van der Waals surface area (Å²) in [7, 11) is 3.45. The number of hydrogen-bond acceptors (Lipinski definition) is 5. The number of rotatable bonds is 6. The van der Waals surface area contributed by atoms with Crippen LogP contribution in [0, 0.1) is 5.82 Å². The van der Waals surface area contributed by atoms with Crippen molar-refractivity contribution in [3.8, 4) is 11.5 Å². The minimum absolute atomic E-state index is 0. The number of piperazine rings is 1. The molecule has 2 saturated heterocycles. The average molecular weight is 541 g/mol. The lowest BCUT2D eigenvalue weighted by Gasteiger charge is -2.51. The summed E-state index contributed by atoms with van der Waals surface area (Å²) in [5.74, 6) is 1.53. The molecule has 8 heteroatoms. The molecule has 5 nitrogen and oxygen atoms in total. The van der Waals surface area contributed by atoms with Gasteiger partial charge in [0.2, 0.25) is 0 Å². The maximum absolute atomic E-state index is 13.3. The second kappa shape index (κ2) is 12.7. The Labute approximate surface area is 227 Å². The highest BCUT2D eigenvalue weighted by Crippen LogP contribution is 2.43. The highest BCUT2D eigenvalue weighted by Gasteiger charge is 2.41. The largest absolute Gasteiger partial charge is 0.493 e. The molecule has 2 heterocycles. The molecule has 0 amide bonds. The van der Waals surface area contributed by atoms with Gasteiger partial charge in [-0.1, -0.05) is 6.42 Å². The maximum Gasteiger partial charge on any atom is 0.161 e. The van der Waals surface area contributed by atoms with Crippen molar-refractivity contribution in [1.82, 2.24) is 9.80 Å². The average Bonchev–Trinajstić information content (AvgIpc) is 2.88. The summed E-state index contributed by atoms with van der Waals surface area (Å²) in [6.45, 7) is 7.61. The number of fused-ring (bicyclic) bond motifs is 1. The van der Waals surface area contributed by atoms with E-state index in [0.717, 1.165) is 69.3 Å². The molecule has 2 aliphatic heterocycles. The molecule has 0 N–H and O–H groups in total. The summed E-state index contributed by atoms with van der Waals surface area (Å²) in [4.78, 5) is 7.79. The smallest absolute Gasteiger partial charge is 0.161 e. The number of likely N-dealkylation sites (tertiary alicyclic amines) is 1. The van der Waals surface area contributed by atoms with Gasteiger partial charge in [-0.05, 0) is 86.2 Å². The van der Waals surface area contributed by atoms with Gasteiger partial charge in [-0.2, -0.15) is 0 Å². The molecule has 2 fully saturated rings. The van der Waals surface area contributed by atoms with Crippen LogP contribution in [0.3, 0.4) is 0 Å². The van der Waals surface area contributed by atoms with Crippen LogP contribution in [0.2, 0.25) is 0 Å². The number of nitrogens with zero attached hydrogens (tertiary/aromatic N) is 3. The van der Waals surface area contributed by atoms with E-state index in [1.165, 1.54) is 43.4 Å². The van der Waals surface area contributed by atoms with Gasteiger partial charge in [0, 0.05) is 50.5 Å². The van der Waals surface area contributed by atoms with Gasteiger partial charge in [0.15, 0.2) is 11.5 Å². The second-order valence-electron chi connectivity index (χ2n) is 10.1. The van der Waals surface area contributed by atoms with Crippen LogP contribution >= 0.6 is 24.8 Å². The highest BCUT2D eigenvalue weighted by molar-refractivity contribution is 5.85. The van der Waals surface area contributed by atoms with E-state index in [4.69, 9.17) is 9.47 Å². The fourth-order valence-electron chi connectivity index (χ4n) is 6.30. The van der Waals surface area contributed by atoms with E-state index < -0.39 is 0 Å². The Hall–Kier alpha value is -1.73. The standard InChI is InChI=1S/C28H38FN3O2.2ClH/c1-33-26-19-22-9-11-28(21-23(22)20-27(26)34-2)10-3-4-12-32(28)18-15-30-13-16-31(17-14-30)25-7-5-24(29)6-8-25;;/h5-8,19-20H,3-4,9-18,21H2,1-2H3;2*1H. The van der Waals surface area contributed by atoms with Gasteiger partial charge in [-0.15, -0.1) is 24.8 Å². The van der Waals surface area contributed by atoms with E-state index in [1.54, 1.807) is 26.4 Å². The molecule has 36 heavy (non-hydrogen) atoms. The number of benzene rings is 2. The molecule has 0 radical (unpaired) electrons. The quantitative estimate of drug-likeness (QED) is 0.501. The number of methoxy groups -OCH3 is 2. The molecule has 2 aromatic carbocycles. The van der Waals surface area contributed by atoms with Gasteiger partial charge >= 0.3 is 0 Å². The van der Waals surface area contributed by atoms with E-state index in [1.807, 2.05) is 12.1 Å². The number of halogens is 3. The number of hydrogen-bond donors (Lipinski definition) is 0. The zero-order valence-corrected chi connectivity index (χ0v) is 23.1. The van der Waals surface area contributed by atoms with Crippen molar-refractivity contribution in [1.29, 1.82) is 0 Å². The summed E-state index contributed by atoms with van der Waals surface area (Å²) < 4.78 is 24.4. The van der Waals surface area contributed by atoms with Crippen LogP contribution in [0.1, 0.15) is 36.8 Å². The van der Waals surface area contributed by atoms with Crippen molar-refractivity contribution < 1.29 is 13.9 Å². The third kappa shape index (κ3) is 6.04. The van der Waals surface area contributed by atoms with Crippen LogP contribution in [0.15, 0.2) is 36.4 Å². The molecule has 0 saturated carbocycles. The lowest BCUT2D eigenvalue weighted by molar-refractivity contribution is 0.0252. The lowest BCUT2D eigenvalue weighted by Crippen LogP contribution is -2.57. The Morgan fingerprint density at radius 1 is 0.806 bits per heavy atom. The van der Waals surface area contributed by atoms with Crippen LogP contribution in [0.5, 0.6) is 11.5 Å². The molecular weight excluding hydrogens is 500 g/mol. The minimum Gasteiger partial charge on any atom is -0.493 e. The Bertz CT molecular complexity index is 986. The Kier molecular flexibility index (Phi) is 10.2. The monoisotopic (exact) mass is 539 g/mol. The van der Waals surface area contributed by atoms with Crippen molar-refractivity contribution in [2.24, 2.45) is 0 Å². The number of anilines is 1. The number of aryl methyl sites for hydroxylation is 1. The molecule has 5 rings (SSSR count). The topological polar surface area (TPSA) is 28.2 Å². The molecule has 1 aliphatic carbocycles. The van der Waals surface area contributed by atoms with Crippen molar-refractivity contribution in [3.63, 3.8) is 0 Å². The van der Waals surface area contributed by atoms with Gasteiger partial charge in [0.25, 0.3) is 0 Å². The second-order valence-corrected chi connectivity index (χ2v) is 10.1. The molecule has 2 aromatic rings. The van der Waals surface area contributed by atoms with Gasteiger partial charge in [-0.3, -0.25) is 9.80 Å². The van der Waals surface area contributed by atoms with Crippen LogP contribution in [-0.2, 0) is 12.8 Å². The van der Waals surface area contributed by atoms with Gasteiger partial charge < -0.3 is 14.4 Å². The van der Waals surface area contributed by atoms with Crippen LogP contribution in [0.25, 0.3) is 0 Å². The third-order valence-electron chi connectivity index (χ3n) is 8.33. The van der Waals surface area contributed by atoms with Gasteiger partial charge in [-0.25, -0.2) is 4.39 Å². The van der Waals surface area contributed by atoms with Crippen molar-refractivity contribution in [3.05, 3.63) is 53.3 Å². The molecule has 0 aromatic heterocycles. The minimum atomic E-state index is -0.166. The van der Waals surface area contributed by atoms with Crippen LogP contribution < -0.4 is 14.4 Å². The Morgan fingerprint density at radius 3 is 2.14 bits per heavy atom. The maximum atomic E-state index is 13.3. The number of piperidine rings is 1. The first-order valence-electron chi connectivity index (χ1n) is 12.8. The molecule has 1 atom stereocenters. The van der Waals surface area contributed by atoms with E-state index in [-0.39, 0.29) is 36.2 Å². The predicted octanol–water partition coefficient (Wildman–Crippen LogP) is 5.22. The van der Waals surface area contributed by atoms with Gasteiger partial charge in [0.05, 0.1) is 14.2 Å². The highest BCUT2D eigenvalue weighted by atomic mass is 35.5. The summed E-state index contributed by atoms with van der Waals surface area (Å²) in [5, 5.41) is 0. The van der Waals surface area contributed by atoms with E-state index >= 15 is 0 Å². The van der Waals surface area contributed by atoms with Gasteiger partial charge in [0.1, 0.15) is 5.82 Å². The molecular formula is C28H40Cl2FN3O2. The molecule has 0 bridgehead atoms. The lowest BCUT2D eigenvalue weighted by atomic mass is 9.72. The Morgan fingerprint density at radius 2 is 1.47 bits per heavy atom. The summed E-state index contributed by atoms with van der Waals surface area (Å²) in [5.41, 5.74) is 4.26. The summed E-state index contributed by atoms with van der Waals surface area (Å²) in [6, 6.07) is 11.3. The zero-order chi connectivity index (χ0) is 23.5. The fraction of sp³-hybridized carbons (Fsp3) is 0.571. The van der Waals surface area contributed by atoms with Crippen molar-refractivity contribution in [2.75, 3.05) is 64.9 Å². The first-order chi connectivity index (χ1) is 16.6. The summed E-state index contributed by atoms with van der Waals surface area (Å²) in [6.07, 6.45) is 7.38. The van der Waals surface area contributed by atoms with Crippen LogP contribution in [0.4, 0.5) is 10.1 Å².